The Hall–Kier alpha value is -1.66. The van der Waals surface area contributed by atoms with Gasteiger partial charge in [0.25, 0.3) is 0 Å². The van der Waals surface area contributed by atoms with Crippen molar-refractivity contribution < 1.29 is 0 Å². The molecule has 0 aliphatic carbocycles. The molecule has 0 radical (unpaired) electrons. The topological polar surface area (TPSA) is 35.9 Å². The molecule has 2 aromatic carbocycles. The largest absolute Gasteiger partial charge is 0.340 e. The highest BCUT2D eigenvalue weighted by Gasteiger charge is 2.27. The van der Waals surface area contributed by atoms with Gasteiger partial charge in [0.05, 0.1) is 22.7 Å². The van der Waals surface area contributed by atoms with Gasteiger partial charge in [0.1, 0.15) is 0 Å². The number of nitroso groups, excluding NO2 is 1. The van der Waals surface area contributed by atoms with Crippen LogP contribution in [0.4, 0.5) is 11.4 Å². The van der Waals surface area contributed by atoms with Gasteiger partial charge in [-0.1, -0.05) is 23.9 Å². The van der Waals surface area contributed by atoms with Crippen LogP contribution in [0.1, 0.15) is 25.7 Å². The van der Waals surface area contributed by atoms with Gasteiger partial charge in [0.15, 0.2) is 0 Å². The number of nitrogens with zero attached hydrogens (tertiary/aromatic N) is 3. The van der Waals surface area contributed by atoms with Crippen molar-refractivity contribution >= 4 is 34.9 Å². The van der Waals surface area contributed by atoms with E-state index in [0.29, 0.717) is 0 Å². The minimum Gasteiger partial charge on any atom is -0.340 e. The molecule has 1 atom stereocenters. The molecule has 0 spiro atoms. The van der Waals surface area contributed by atoms with Crippen LogP contribution in [0.25, 0.3) is 0 Å². The highest BCUT2D eigenvalue weighted by molar-refractivity contribution is 8.00. The molecule has 1 saturated heterocycles. The first kappa shape index (κ1) is 17.7. The van der Waals surface area contributed by atoms with Gasteiger partial charge in [-0.2, -0.15) is 0 Å². The van der Waals surface area contributed by atoms with Gasteiger partial charge >= 0.3 is 0 Å². The number of thioether (sulfide) groups is 1. The Labute approximate surface area is 163 Å². The fourth-order valence-corrected chi connectivity index (χ4v) is 5.35. The predicted molar refractivity (Wildman–Crippen MR) is 111 cm³/mol. The second-order valence-electron chi connectivity index (χ2n) is 6.74. The van der Waals surface area contributed by atoms with E-state index in [0.717, 1.165) is 32.4 Å². The summed E-state index contributed by atoms with van der Waals surface area (Å²) in [7, 11) is 0. The fourth-order valence-electron chi connectivity index (χ4n) is 3.84. The van der Waals surface area contributed by atoms with E-state index in [1.54, 1.807) is 16.8 Å². The van der Waals surface area contributed by atoms with Crippen LogP contribution in [0.2, 0.25) is 0 Å². The van der Waals surface area contributed by atoms with Crippen LogP contribution in [0.15, 0.2) is 62.4 Å². The Kier molecular flexibility index (Phi) is 5.41. The molecule has 136 valence electrons. The molecule has 2 aromatic rings. The van der Waals surface area contributed by atoms with Crippen molar-refractivity contribution in [2.45, 2.75) is 46.4 Å². The summed E-state index contributed by atoms with van der Waals surface area (Å²) in [6, 6.07) is 15.6. The Balaban J connectivity index is 1.63. The zero-order chi connectivity index (χ0) is 17.9. The lowest BCUT2D eigenvalue weighted by Crippen LogP contribution is -2.37. The van der Waals surface area contributed by atoms with Gasteiger partial charge in [-0.05, 0) is 62.3 Å². The van der Waals surface area contributed by atoms with Crippen molar-refractivity contribution in [3.8, 4) is 0 Å². The van der Waals surface area contributed by atoms with Crippen molar-refractivity contribution in [3.63, 3.8) is 0 Å². The number of piperidine rings is 1. The minimum atomic E-state index is 0.259. The SMILES string of the molecule is CSc1ccc2c(c1)N(CCC1CCCCN1N=O)c1ccccc1S2. The molecular weight excluding hydrogens is 362 g/mol. The second kappa shape index (κ2) is 7.92. The molecule has 2 aliphatic rings. The Bertz CT molecular complexity index is 798. The molecule has 1 unspecified atom stereocenters. The number of benzene rings is 2. The third-order valence-electron chi connectivity index (χ3n) is 5.22. The van der Waals surface area contributed by atoms with E-state index in [1.165, 1.54) is 32.5 Å². The van der Waals surface area contributed by atoms with Gasteiger partial charge in [-0.25, -0.2) is 0 Å². The van der Waals surface area contributed by atoms with Crippen LogP contribution in [0.3, 0.4) is 0 Å². The zero-order valence-electron chi connectivity index (χ0n) is 14.9. The van der Waals surface area contributed by atoms with E-state index < -0.39 is 0 Å². The summed E-state index contributed by atoms with van der Waals surface area (Å²) < 4.78 is 0. The number of rotatable bonds is 5. The predicted octanol–water partition coefficient (Wildman–Crippen LogP) is 5.94. The summed E-state index contributed by atoms with van der Waals surface area (Å²) in [5, 5.41) is 5.02. The van der Waals surface area contributed by atoms with E-state index in [9.17, 15) is 4.91 Å². The second-order valence-corrected chi connectivity index (χ2v) is 8.70. The summed E-state index contributed by atoms with van der Waals surface area (Å²) in [4.78, 5) is 17.5. The third-order valence-corrected chi connectivity index (χ3v) is 7.08. The molecule has 1 fully saturated rings. The zero-order valence-corrected chi connectivity index (χ0v) is 16.6. The van der Waals surface area contributed by atoms with E-state index in [1.807, 2.05) is 11.8 Å². The molecule has 4 nitrogen and oxygen atoms in total. The van der Waals surface area contributed by atoms with Crippen LogP contribution >= 0.6 is 23.5 Å². The maximum absolute atomic E-state index is 11.2. The number of hydrogen-bond acceptors (Lipinski definition) is 5. The first-order chi connectivity index (χ1) is 12.8. The molecule has 26 heavy (non-hydrogen) atoms. The lowest BCUT2D eigenvalue weighted by molar-refractivity contribution is 0.145. The van der Waals surface area contributed by atoms with Crippen molar-refractivity contribution in [3.05, 3.63) is 47.4 Å². The minimum absolute atomic E-state index is 0.259. The summed E-state index contributed by atoms with van der Waals surface area (Å²) in [5.41, 5.74) is 2.55. The quantitative estimate of drug-likeness (QED) is 0.470. The Morgan fingerprint density at radius 1 is 1.15 bits per heavy atom. The summed E-state index contributed by atoms with van der Waals surface area (Å²) in [6.45, 7) is 1.70. The molecule has 0 aromatic heterocycles. The van der Waals surface area contributed by atoms with Gasteiger partial charge in [-0.15, -0.1) is 16.7 Å². The lowest BCUT2D eigenvalue weighted by atomic mass is 10.0. The maximum Gasteiger partial charge on any atom is 0.0564 e. The normalized spacial score (nSPS) is 19.0. The molecule has 0 bridgehead atoms. The summed E-state index contributed by atoms with van der Waals surface area (Å²) in [6.07, 6.45) is 6.40. The van der Waals surface area contributed by atoms with Crippen molar-refractivity contribution in [2.75, 3.05) is 24.2 Å². The molecule has 2 heterocycles. The van der Waals surface area contributed by atoms with Crippen LogP contribution in [0, 0.1) is 4.91 Å². The number of fused-ring (bicyclic) bond motifs is 2. The van der Waals surface area contributed by atoms with Crippen molar-refractivity contribution in [1.29, 1.82) is 0 Å². The monoisotopic (exact) mass is 385 g/mol. The highest BCUT2D eigenvalue weighted by Crippen LogP contribution is 2.49. The van der Waals surface area contributed by atoms with Gasteiger partial charge in [0.2, 0.25) is 0 Å². The van der Waals surface area contributed by atoms with E-state index >= 15 is 0 Å². The number of para-hydroxylation sites is 1. The Morgan fingerprint density at radius 2 is 2.00 bits per heavy atom. The van der Waals surface area contributed by atoms with E-state index in [2.05, 4.69) is 58.9 Å². The lowest BCUT2D eigenvalue weighted by Gasteiger charge is -2.36. The van der Waals surface area contributed by atoms with Crippen LogP contribution < -0.4 is 4.90 Å². The van der Waals surface area contributed by atoms with E-state index in [4.69, 9.17) is 0 Å². The van der Waals surface area contributed by atoms with Crippen molar-refractivity contribution in [1.82, 2.24) is 5.01 Å². The first-order valence-corrected chi connectivity index (χ1v) is 11.2. The van der Waals surface area contributed by atoms with Gasteiger partial charge in [0, 0.05) is 27.8 Å². The number of hydrogen-bond donors (Lipinski definition) is 0. The third kappa shape index (κ3) is 3.45. The van der Waals surface area contributed by atoms with Gasteiger partial charge in [-0.3, -0.25) is 5.01 Å². The molecule has 0 N–H and O–H groups in total. The fraction of sp³-hybridized carbons (Fsp3) is 0.400. The highest BCUT2D eigenvalue weighted by atomic mass is 32.2. The summed E-state index contributed by atoms with van der Waals surface area (Å²) in [5.74, 6) is 0. The van der Waals surface area contributed by atoms with Crippen LogP contribution in [-0.4, -0.2) is 30.4 Å². The molecular formula is C20H23N3OS2. The smallest absolute Gasteiger partial charge is 0.0564 e. The van der Waals surface area contributed by atoms with E-state index in [-0.39, 0.29) is 6.04 Å². The number of anilines is 2. The molecule has 0 saturated carbocycles. The first-order valence-electron chi connectivity index (χ1n) is 9.12. The molecule has 0 amide bonds. The maximum atomic E-state index is 11.2. The average molecular weight is 386 g/mol. The summed E-state index contributed by atoms with van der Waals surface area (Å²) >= 11 is 3.62. The van der Waals surface area contributed by atoms with Gasteiger partial charge < -0.3 is 4.90 Å². The molecule has 4 rings (SSSR count). The molecule has 6 heteroatoms. The Morgan fingerprint density at radius 3 is 2.85 bits per heavy atom. The van der Waals surface area contributed by atoms with Crippen LogP contribution in [-0.2, 0) is 0 Å². The standard InChI is InChI=1S/C20H23N3OS2/c1-25-16-9-10-20-18(14-16)22(17-7-2-3-8-19(17)26-20)13-11-15-6-4-5-12-23(15)21-24/h2-3,7-10,14-15H,4-6,11-13H2,1H3. The van der Waals surface area contributed by atoms with Crippen LogP contribution in [0.5, 0.6) is 0 Å². The van der Waals surface area contributed by atoms with Crippen molar-refractivity contribution in [2.24, 2.45) is 5.29 Å². The molecule has 2 aliphatic heterocycles. The average Bonchev–Trinajstić information content (AvgIpc) is 2.71.